The average Bonchev–Trinajstić information content (AvgIpc) is 3.78. The first-order valence-electron chi connectivity index (χ1n) is 28.0. The number of ether oxygens (including phenoxy) is 2. The van der Waals surface area contributed by atoms with Crippen molar-refractivity contribution in [3.8, 4) is 0 Å². The van der Waals surface area contributed by atoms with Crippen LogP contribution in [0.25, 0.3) is 0 Å². The maximum atomic E-state index is 12.7. The van der Waals surface area contributed by atoms with Crippen molar-refractivity contribution in [1.29, 1.82) is 0 Å². The average molecular weight is 1000 g/mol. The van der Waals surface area contributed by atoms with E-state index in [1.807, 2.05) is 0 Å². The number of hydrogen-bond acceptors (Lipinski definition) is 11. The van der Waals surface area contributed by atoms with Crippen molar-refractivity contribution in [3.63, 3.8) is 0 Å². The van der Waals surface area contributed by atoms with Gasteiger partial charge in [-0.15, -0.1) is 0 Å². The van der Waals surface area contributed by atoms with Gasteiger partial charge in [0.2, 0.25) is 0 Å². The number of nitrogens with one attached hydrogen (secondary N) is 2. The van der Waals surface area contributed by atoms with Gasteiger partial charge in [-0.05, 0) is 238 Å². The predicted octanol–water partition coefficient (Wildman–Crippen LogP) is 9.02. The molecule has 8 fully saturated rings. The van der Waals surface area contributed by atoms with Crippen molar-refractivity contribution in [1.82, 2.24) is 10.6 Å². The molecule has 0 aromatic heterocycles. The van der Waals surface area contributed by atoms with Crippen LogP contribution in [0.15, 0.2) is 0 Å². The molecule has 8 aliphatic rings. The first kappa shape index (κ1) is 57.8. The van der Waals surface area contributed by atoms with Crippen LogP contribution < -0.4 is 16.4 Å². The van der Waals surface area contributed by atoms with Crippen LogP contribution in [0.3, 0.4) is 0 Å². The molecule has 0 aromatic rings. The molecule has 71 heavy (non-hydrogen) atoms. The lowest BCUT2D eigenvalue weighted by Crippen LogP contribution is -2.59. The molecule has 20 atom stereocenters. The molecule has 8 aliphatic carbocycles. The summed E-state index contributed by atoms with van der Waals surface area (Å²) in [5.41, 5.74) is 5.81. The van der Waals surface area contributed by atoms with Gasteiger partial charge < -0.3 is 51.4 Å². The molecular formula is C57H99N3O11. The van der Waals surface area contributed by atoms with Crippen LogP contribution in [0, 0.1) is 86.8 Å². The Labute approximate surface area is 426 Å². The van der Waals surface area contributed by atoms with Gasteiger partial charge in [0, 0.05) is 12.5 Å². The monoisotopic (exact) mass is 1000 g/mol. The van der Waals surface area contributed by atoms with Gasteiger partial charge in [0.1, 0.15) is 17.7 Å². The zero-order valence-electron chi connectivity index (χ0n) is 45.9. The number of rotatable bonds is 8. The standard InChI is InChI=1S/C29H49NO5.C21H37NO2.C7H13NO4/c1-17(13-20(32)16-30-26(34)35-27(2,3)4)22-9-10-23-21-8-7-18-14-19(31)11-12-28(18,5)25(21)24(33)15-29(22,23)6;1-12(22)16-6-7-17-15-5-4-13-10-14(23)8-9-20(13,2)19(15)18(24)11-21(16,17)3;1-7(2,3)12-6(11)8-4-5(9)10/h17-19,21-25,31,33H,7-16H2,1-6H3,(H,30,34);12-19,23-24H,4-11,22H2,1-3H3;4H2,1-3H3,(H,8,11)(H,9,10)/t17?,18?,19-,21?,22+,23?,24-,25?,28-,29+;12?,13?,14-,15?,16+,17?,18-,19?,20-,21+;/m00./s1. The summed E-state index contributed by atoms with van der Waals surface area (Å²) in [5, 5.41) is 56.2. The Bertz CT molecular complexity index is 1870. The lowest BCUT2D eigenvalue weighted by atomic mass is 9.43. The van der Waals surface area contributed by atoms with Crippen LogP contribution in [-0.2, 0) is 19.1 Å². The minimum Gasteiger partial charge on any atom is -0.480 e. The molecule has 0 aromatic carbocycles. The first-order chi connectivity index (χ1) is 32.8. The minimum absolute atomic E-state index is 0.00499. The Morgan fingerprint density at radius 2 is 1.00 bits per heavy atom. The second-order valence-corrected chi connectivity index (χ2v) is 27.6. The zero-order valence-corrected chi connectivity index (χ0v) is 45.9. The van der Waals surface area contributed by atoms with E-state index >= 15 is 0 Å². The van der Waals surface area contributed by atoms with Gasteiger partial charge in [0.05, 0.1) is 31.0 Å². The quantitative estimate of drug-likeness (QED) is 0.114. The van der Waals surface area contributed by atoms with Crippen LogP contribution in [0.4, 0.5) is 9.59 Å². The molecule has 408 valence electrons. The molecular weight excluding hydrogens is 903 g/mol. The summed E-state index contributed by atoms with van der Waals surface area (Å²) in [7, 11) is 0. The summed E-state index contributed by atoms with van der Waals surface area (Å²) < 4.78 is 10.0. The Morgan fingerprint density at radius 3 is 1.41 bits per heavy atom. The maximum absolute atomic E-state index is 12.7. The topological polar surface area (TPSA) is 238 Å². The number of carbonyl (C=O) groups is 4. The molecule has 14 nitrogen and oxygen atoms in total. The molecule has 10 unspecified atom stereocenters. The third-order valence-electron chi connectivity index (χ3n) is 20.8. The van der Waals surface area contributed by atoms with Crippen molar-refractivity contribution in [2.24, 2.45) is 92.5 Å². The number of hydrogen-bond donors (Lipinski definition) is 8. The smallest absolute Gasteiger partial charge is 0.408 e. The number of carboxylic acids is 1. The van der Waals surface area contributed by atoms with Gasteiger partial charge in [-0.1, -0.05) is 34.6 Å². The summed E-state index contributed by atoms with van der Waals surface area (Å²) in [5.74, 6) is 4.59. The lowest BCUT2D eigenvalue weighted by Gasteiger charge is -2.62. The summed E-state index contributed by atoms with van der Waals surface area (Å²) in [6.45, 7) is 24.1. The van der Waals surface area contributed by atoms with Gasteiger partial charge in [-0.3, -0.25) is 9.59 Å². The van der Waals surface area contributed by atoms with Crippen LogP contribution in [0.1, 0.15) is 192 Å². The first-order valence-corrected chi connectivity index (χ1v) is 28.0. The van der Waals surface area contributed by atoms with Crippen LogP contribution in [0.5, 0.6) is 0 Å². The molecule has 2 amide bonds. The van der Waals surface area contributed by atoms with E-state index in [0.717, 1.165) is 70.1 Å². The lowest BCUT2D eigenvalue weighted by molar-refractivity contribution is -0.179. The van der Waals surface area contributed by atoms with E-state index in [-0.39, 0.29) is 70.4 Å². The van der Waals surface area contributed by atoms with Crippen LogP contribution in [0.2, 0.25) is 0 Å². The molecule has 0 radical (unpaired) electrons. The largest absolute Gasteiger partial charge is 0.480 e. The van der Waals surface area contributed by atoms with Gasteiger partial charge in [-0.25, -0.2) is 9.59 Å². The van der Waals surface area contributed by atoms with Gasteiger partial charge in [0.25, 0.3) is 0 Å². The maximum Gasteiger partial charge on any atom is 0.408 e. The summed E-state index contributed by atoms with van der Waals surface area (Å²) in [6, 6.07) is 0.237. The molecule has 9 N–H and O–H groups in total. The number of amides is 2. The highest BCUT2D eigenvalue weighted by molar-refractivity contribution is 5.84. The normalized spacial score (nSPS) is 43.2. The highest BCUT2D eigenvalue weighted by Gasteiger charge is 2.65. The highest BCUT2D eigenvalue weighted by Crippen LogP contribution is 2.70. The minimum atomic E-state index is -1.10. The number of ketones is 1. The zero-order chi connectivity index (χ0) is 52.8. The summed E-state index contributed by atoms with van der Waals surface area (Å²) in [4.78, 5) is 45.4. The number of fused-ring (bicyclic) bond motifs is 10. The van der Waals surface area contributed by atoms with E-state index in [1.54, 1.807) is 41.5 Å². The van der Waals surface area contributed by atoms with Gasteiger partial charge in [0.15, 0.2) is 5.78 Å². The van der Waals surface area contributed by atoms with Gasteiger partial charge in [-0.2, -0.15) is 0 Å². The third-order valence-corrected chi connectivity index (χ3v) is 20.8. The Kier molecular flexibility index (Phi) is 17.9. The van der Waals surface area contributed by atoms with E-state index in [1.165, 1.54) is 38.5 Å². The fourth-order valence-corrected chi connectivity index (χ4v) is 18.1. The molecule has 0 aliphatic heterocycles. The second kappa shape index (κ2) is 22.0. The van der Waals surface area contributed by atoms with E-state index in [4.69, 9.17) is 20.3 Å². The molecule has 8 rings (SSSR count). The second-order valence-electron chi connectivity index (χ2n) is 27.6. The van der Waals surface area contributed by atoms with Crippen molar-refractivity contribution in [2.75, 3.05) is 13.1 Å². The van der Waals surface area contributed by atoms with Gasteiger partial charge >= 0.3 is 18.2 Å². The van der Waals surface area contributed by atoms with Crippen molar-refractivity contribution < 1.29 is 54.2 Å². The third kappa shape index (κ3) is 12.6. The number of Topliss-reactive ketones (excluding diaryl/α,β-unsaturated/α-hetero) is 1. The number of aliphatic hydroxyl groups excluding tert-OH is 4. The molecule has 0 saturated heterocycles. The number of carbonyl (C=O) groups excluding carboxylic acids is 3. The molecule has 0 heterocycles. The summed E-state index contributed by atoms with van der Waals surface area (Å²) in [6.07, 6.45) is 15.6. The van der Waals surface area contributed by atoms with E-state index in [9.17, 15) is 39.6 Å². The fourth-order valence-electron chi connectivity index (χ4n) is 18.1. The Balaban J connectivity index is 0.000000197. The molecule has 14 heteroatoms. The Morgan fingerprint density at radius 1 is 0.592 bits per heavy atom. The fraction of sp³-hybridized carbons (Fsp3) is 0.930. The SMILES string of the molecule is CC(C)(C)OC(=O)NCC(=O)O.CC(CC(=O)CNC(=O)OC(C)(C)C)[C@H]1CCC2C3CCC4C[C@@H](O)CC[C@]4(C)C3[C@@H](O)C[C@@]21C.CC(N)[C@H]1CCC2C3CCC4C[C@@H](O)CC[C@]4(C)C3[C@@H](O)C[C@@]21C. The van der Waals surface area contributed by atoms with Crippen molar-refractivity contribution in [3.05, 3.63) is 0 Å². The molecule has 0 spiro atoms. The number of aliphatic carboxylic acids is 1. The molecule has 0 bridgehead atoms. The van der Waals surface area contributed by atoms with Crippen LogP contribution in [-0.4, -0.2) is 104 Å². The van der Waals surface area contributed by atoms with Crippen molar-refractivity contribution in [2.45, 2.75) is 234 Å². The van der Waals surface area contributed by atoms with E-state index in [2.05, 4.69) is 52.2 Å². The van der Waals surface area contributed by atoms with E-state index in [0.29, 0.717) is 59.7 Å². The van der Waals surface area contributed by atoms with E-state index < -0.39 is 35.9 Å². The number of aliphatic hydroxyl groups is 4. The number of carboxylic acid groups (broad SMARTS) is 1. The highest BCUT2D eigenvalue weighted by atomic mass is 16.6. The Hall–Kier alpha value is -2.52. The molecule has 8 saturated carbocycles. The van der Waals surface area contributed by atoms with Crippen molar-refractivity contribution >= 4 is 23.9 Å². The van der Waals surface area contributed by atoms with Crippen LogP contribution >= 0.6 is 0 Å². The summed E-state index contributed by atoms with van der Waals surface area (Å²) >= 11 is 0. The number of alkyl carbamates (subject to hydrolysis) is 2. The number of nitrogens with two attached hydrogens (primary N) is 1. The predicted molar refractivity (Wildman–Crippen MR) is 274 cm³/mol.